The van der Waals surface area contributed by atoms with Crippen LogP contribution in [0.5, 0.6) is 5.75 Å². The first-order valence-corrected chi connectivity index (χ1v) is 7.89. The SMILES string of the molecule is CCC1CCCCN1Cc1cc(=O)c(O)cn1CCC(=O)O. The Bertz CT molecular complexity index is 582. The molecule has 122 valence electrons. The Morgan fingerprint density at radius 3 is 2.86 bits per heavy atom. The van der Waals surface area contributed by atoms with Gasteiger partial charge in [0, 0.05) is 30.9 Å². The Morgan fingerprint density at radius 2 is 2.18 bits per heavy atom. The standard InChI is InChI=1S/C16H24N2O4/c1-2-12-5-3-4-7-17(12)10-13-9-14(19)15(20)11-18(13)8-6-16(21)22/h9,11-12,20H,2-8,10H2,1H3,(H,21,22). The fraction of sp³-hybridized carbons (Fsp3) is 0.625. The van der Waals surface area contributed by atoms with Crippen LogP contribution in [0.3, 0.4) is 0 Å². The second kappa shape index (κ2) is 7.45. The molecule has 1 saturated heterocycles. The third-order valence-electron chi connectivity index (χ3n) is 4.35. The van der Waals surface area contributed by atoms with Crippen molar-refractivity contribution in [2.45, 2.75) is 58.2 Å². The predicted molar refractivity (Wildman–Crippen MR) is 83.0 cm³/mol. The summed E-state index contributed by atoms with van der Waals surface area (Å²) in [5.41, 5.74) is 0.357. The van der Waals surface area contributed by atoms with Crippen LogP contribution in [0, 0.1) is 0 Å². The molecule has 1 unspecified atom stereocenters. The Balaban J connectivity index is 2.22. The molecule has 1 atom stereocenters. The molecule has 1 aromatic rings. The van der Waals surface area contributed by atoms with E-state index in [0.29, 0.717) is 12.6 Å². The highest BCUT2D eigenvalue weighted by atomic mass is 16.4. The van der Waals surface area contributed by atoms with Gasteiger partial charge in [-0.25, -0.2) is 0 Å². The fourth-order valence-corrected chi connectivity index (χ4v) is 3.10. The van der Waals surface area contributed by atoms with Gasteiger partial charge in [-0.3, -0.25) is 14.5 Å². The number of nitrogens with zero attached hydrogens (tertiary/aromatic N) is 2. The van der Waals surface area contributed by atoms with Gasteiger partial charge >= 0.3 is 5.97 Å². The summed E-state index contributed by atoms with van der Waals surface area (Å²) in [5, 5.41) is 18.4. The van der Waals surface area contributed by atoms with Crippen molar-refractivity contribution in [1.82, 2.24) is 9.47 Å². The number of aromatic nitrogens is 1. The van der Waals surface area contributed by atoms with Crippen LogP contribution in [0.1, 0.15) is 44.7 Å². The second-order valence-corrected chi connectivity index (χ2v) is 5.88. The molecule has 0 spiro atoms. The smallest absolute Gasteiger partial charge is 0.305 e. The van der Waals surface area contributed by atoms with Crippen molar-refractivity contribution in [1.29, 1.82) is 0 Å². The number of carbonyl (C=O) groups is 1. The minimum Gasteiger partial charge on any atom is -0.503 e. The van der Waals surface area contributed by atoms with Crippen LogP contribution >= 0.6 is 0 Å². The summed E-state index contributed by atoms with van der Waals surface area (Å²) in [7, 11) is 0. The average molecular weight is 308 g/mol. The maximum absolute atomic E-state index is 11.7. The topological polar surface area (TPSA) is 82.8 Å². The van der Waals surface area contributed by atoms with Gasteiger partial charge in [0.2, 0.25) is 5.43 Å². The van der Waals surface area contributed by atoms with Gasteiger partial charge in [0.1, 0.15) is 0 Å². The molecule has 22 heavy (non-hydrogen) atoms. The third kappa shape index (κ3) is 4.10. The molecule has 1 aliphatic heterocycles. The van der Waals surface area contributed by atoms with E-state index in [1.54, 1.807) is 4.57 Å². The quantitative estimate of drug-likeness (QED) is 0.837. The molecule has 6 heteroatoms. The van der Waals surface area contributed by atoms with Crippen molar-refractivity contribution >= 4 is 5.97 Å². The number of likely N-dealkylation sites (tertiary alicyclic amines) is 1. The molecule has 2 heterocycles. The lowest BCUT2D eigenvalue weighted by Crippen LogP contribution is -2.39. The third-order valence-corrected chi connectivity index (χ3v) is 4.35. The number of aliphatic carboxylic acids is 1. The summed E-state index contributed by atoms with van der Waals surface area (Å²) < 4.78 is 1.69. The Morgan fingerprint density at radius 1 is 1.41 bits per heavy atom. The number of pyridine rings is 1. The minimum absolute atomic E-state index is 0.0352. The maximum Gasteiger partial charge on any atom is 0.305 e. The van der Waals surface area contributed by atoms with E-state index in [4.69, 9.17) is 5.11 Å². The zero-order valence-electron chi connectivity index (χ0n) is 13.0. The fourth-order valence-electron chi connectivity index (χ4n) is 3.10. The molecule has 1 aliphatic rings. The van der Waals surface area contributed by atoms with Crippen molar-refractivity contribution < 1.29 is 15.0 Å². The summed E-state index contributed by atoms with van der Waals surface area (Å²) in [6, 6.07) is 1.93. The summed E-state index contributed by atoms with van der Waals surface area (Å²) >= 11 is 0. The van der Waals surface area contributed by atoms with Crippen molar-refractivity contribution in [2.75, 3.05) is 6.54 Å². The van der Waals surface area contributed by atoms with E-state index >= 15 is 0 Å². The number of hydrogen-bond donors (Lipinski definition) is 2. The molecule has 0 saturated carbocycles. The highest BCUT2D eigenvalue weighted by Gasteiger charge is 2.22. The van der Waals surface area contributed by atoms with Gasteiger partial charge in [0.05, 0.1) is 12.6 Å². The van der Waals surface area contributed by atoms with Gasteiger partial charge < -0.3 is 14.8 Å². The van der Waals surface area contributed by atoms with Gasteiger partial charge in [0.25, 0.3) is 0 Å². The molecule has 0 bridgehead atoms. The Labute approximate surface area is 130 Å². The molecular weight excluding hydrogens is 284 g/mol. The molecule has 6 nitrogen and oxygen atoms in total. The normalized spacial score (nSPS) is 19.2. The van der Waals surface area contributed by atoms with Crippen LogP contribution in [-0.2, 0) is 17.9 Å². The van der Waals surface area contributed by atoms with Crippen molar-refractivity contribution in [3.05, 3.63) is 28.2 Å². The molecule has 0 aliphatic carbocycles. The molecule has 0 aromatic carbocycles. The zero-order valence-corrected chi connectivity index (χ0v) is 13.0. The molecule has 1 fully saturated rings. The summed E-state index contributed by atoms with van der Waals surface area (Å²) in [6.07, 6.45) is 5.92. The van der Waals surface area contributed by atoms with Crippen LogP contribution < -0.4 is 5.43 Å². The maximum atomic E-state index is 11.7. The number of carboxylic acids is 1. The van der Waals surface area contributed by atoms with Crippen molar-refractivity contribution in [3.8, 4) is 5.75 Å². The first kappa shape index (κ1) is 16.5. The van der Waals surface area contributed by atoms with Crippen LogP contribution in [0.25, 0.3) is 0 Å². The first-order valence-electron chi connectivity index (χ1n) is 7.89. The van der Waals surface area contributed by atoms with E-state index < -0.39 is 11.4 Å². The molecule has 0 amide bonds. The lowest BCUT2D eigenvalue weighted by Gasteiger charge is -2.35. The van der Waals surface area contributed by atoms with E-state index in [9.17, 15) is 14.7 Å². The van der Waals surface area contributed by atoms with Gasteiger partial charge in [0.15, 0.2) is 5.75 Å². The van der Waals surface area contributed by atoms with E-state index in [2.05, 4.69) is 11.8 Å². The van der Waals surface area contributed by atoms with E-state index in [0.717, 1.165) is 31.5 Å². The molecule has 1 aromatic heterocycles. The number of aryl methyl sites for hydroxylation is 1. The summed E-state index contributed by atoms with van der Waals surface area (Å²) in [4.78, 5) is 24.9. The van der Waals surface area contributed by atoms with Gasteiger partial charge in [-0.15, -0.1) is 0 Å². The van der Waals surface area contributed by atoms with Crippen molar-refractivity contribution in [2.24, 2.45) is 0 Å². The van der Waals surface area contributed by atoms with Crippen LogP contribution in [-0.4, -0.2) is 38.2 Å². The monoisotopic (exact) mass is 308 g/mol. The largest absolute Gasteiger partial charge is 0.503 e. The zero-order chi connectivity index (χ0) is 16.1. The number of hydrogen-bond acceptors (Lipinski definition) is 4. The van der Waals surface area contributed by atoms with E-state index in [1.807, 2.05) is 0 Å². The predicted octanol–water partition coefficient (Wildman–Crippen LogP) is 1.79. The lowest BCUT2D eigenvalue weighted by molar-refractivity contribution is -0.137. The molecule has 2 N–H and O–H groups in total. The second-order valence-electron chi connectivity index (χ2n) is 5.88. The van der Waals surface area contributed by atoms with Crippen LogP contribution in [0.15, 0.2) is 17.1 Å². The van der Waals surface area contributed by atoms with Crippen LogP contribution in [0.2, 0.25) is 0 Å². The summed E-state index contributed by atoms with van der Waals surface area (Å²) in [6.45, 7) is 4.03. The van der Waals surface area contributed by atoms with E-state index in [1.165, 1.54) is 18.7 Å². The first-order chi connectivity index (χ1) is 10.5. The number of rotatable bonds is 6. The highest BCUT2D eigenvalue weighted by Crippen LogP contribution is 2.22. The minimum atomic E-state index is -0.895. The Kier molecular flexibility index (Phi) is 5.60. The van der Waals surface area contributed by atoms with Gasteiger partial charge in [-0.2, -0.15) is 0 Å². The number of piperidine rings is 1. The number of carboxylic acid groups (broad SMARTS) is 1. The Hall–Kier alpha value is -1.82. The average Bonchev–Trinajstić information content (AvgIpc) is 2.49. The van der Waals surface area contributed by atoms with Gasteiger partial charge in [-0.1, -0.05) is 13.3 Å². The summed E-state index contributed by atoms with van der Waals surface area (Å²) in [5.74, 6) is -1.23. The molecular formula is C16H24N2O4. The van der Waals surface area contributed by atoms with Crippen molar-refractivity contribution in [3.63, 3.8) is 0 Å². The number of aromatic hydroxyl groups is 1. The lowest BCUT2D eigenvalue weighted by atomic mass is 10.00. The van der Waals surface area contributed by atoms with Gasteiger partial charge in [-0.05, 0) is 25.8 Å². The van der Waals surface area contributed by atoms with Crippen LogP contribution in [0.4, 0.5) is 0 Å². The molecule has 0 radical (unpaired) electrons. The van der Waals surface area contributed by atoms with E-state index in [-0.39, 0.29) is 18.7 Å². The molecule has 2 rings (SSSR count). The highest BCUT2D eigenvalue weighted by molar-refractivity contribution is 5.66.